The zero-order chi connectivity index (χ0) is 20.3. The molecule has 0 spiro atoms. The molecule has 0 aliphatic carbocycles. The summed E-state index contributed by atoms with van der Waals surface area (Å²) in [6, 6.07) is 17.9. The number of likely N-dealkylation sites (tertiary alicyclic amines) is 1. The molecular formula is C24H29N3O2. The van der Waals surface area contributed by atoms with Crippen molar-refractivity contribution in [3.05, 3.63) is 76.8 Å². The summed E-state index contributed by atoms with van der Waals surface area (Å²) in [5.41, 5.74) is 1.13. The lowest BCUT2D eigenvalue weighted by atomic mass is 9.90. The minimum atomic E-state index is -0.854. The van der Waals surface area contributed by atoms with E-state index < -0.39 is 5.60 Å². The van der Waals surface area contributed by atoms with Gasteiger partial charge in [0, 0.05) is 19.6 Å². The molecule has 152 valence electrons. The van der Waals surface area contributed by atoms with Crippen LogP contribution in [0.1, 0.15) is 25.3 Å². The third kappa shape index (κ3) is 4.74. The largest absolute Gasteiger partial charge is 0.388 e. The van der Waals surface area contributed by atoms with Crippen LogP contribution < -0.4 is 5.56 Å². The zero-order valence-corrected chi connectivity index (χ0v) is 17.0. The van der Waals surface area contributed by atoms with Crippen LogP contribution in [0.25, 0.3) is 10.9 Å². The van der Waals surface area contributed by atoms with Crippen molar-refractivity contribution < 1.29 is 5.11 Å². The van der Waals surface area contributed by atoms with Crippen LogP contribution in [0.5, 0.6) is 0 Å². The summed E-state index contributed by atoms with van der Waals surface area (Å²) in [5.74, 6) is 0.566. The van der Waals surface area contributed by atoms with Crippen LogP contribution in [0.3, 0.4) is 0 Å². The van der Waals surface area contributed by atoms with Crippen molar-refractivity contribution in [3.63, 3.8) is 0 Å². The first kappa shape index (κ1) is 19.8. The second-order valence-corrected chi connectivity index (χ2v) is 8.51. The highest BCUT2D eigenvalue weighted by Gasteiger charge is 2.33. The van der Waals surface area contributed by atoms with Crippen LogP contribution in [0.4, 0.5) is 0 Å². The summed E-state index contributed by atoms with van der Waals surface area (Å²) >= 11 is 0. The van der Waals surface area contributed by atoms with Gasteiger partial charge >= 0.3 is 0 Å². The number of hydrogen-bond acceptors (Lipinski definition) is 4. The Balaban J connectivity index is 1.35. The Hall–Kier alpha value is -2.50. The first-order valence-corrected chi connectivity index (χ1v) is 10.5. The van der Waals surface area contributed by atoms with Crippen LogP contribution in [0.15, 0.2) is 65.7 Å². The van der Waals surface area contributed by atoms with E-state index in [1.54, 1.807) is 17.0 Å². The molecule has 0 radical (unpaired) electrons. The molecule has 1 aliphatic rings. The van der Waals surface area contributed by atoms with E-state index in [4.69, 9.17) is 0 Å². The molecule has 3 aromatic rings. The minimum absolute atomic E-state index is 0.0806. The molecule has 1 unspecified atom stereocenters. The van der Waals surface area contributed by atoms with Gasteiger partial charge in [-0.3, -0.25) is 9.36 Å². The molecule has 1 aliphatic heterocycles. The summed E-state index contributed by atoms with van der Waals surface area (Å²) in [7, 11) is 0. The van der Waals surface area contributed by atoms with Gasteiger partial charge in [-0.25, -0.2) is 4.98 Å². The van der Waals surface area contributed by atoms with Crippen LogP contribution in [-0.4, -0.2) is 44.8 Å². The first-order chi connectivity index (χ1) is 14.0. The van der Waals surface area contributed by atoms with Gasteiger partial charge in [0.15, 0.2) is 0 Å². The van der Waals surface area contributed by atoms with E-state index in [0.29, 0.717) is 36.2 Å². The van der Waals surface area contributed by atoms with Crippen molar-refractivity contribution in [2.75, 3.05) is 19.6 Å². The van der Waals surface area contributed by atoms with E-state index in [2.05, 4.69) is 47.1 Å². The van der Waals surface area contributed by atoms with Crippen LogP contribution in [-0.2, 0) is 13.0 Å². The maximum Gasteiger partial charge on any atom is 0.261 e. The molecule has 1 saturated heterocycles. The maximum atomic E-state index is 12.7. The predicted molar refractivity (Wildman–Crippen MR) is 116 cm³/mol. The molecule has 4 rings (SSSR count). The minimum Gasteiger partial charge on any atom is -0.388 e. The Morgan fingerprint density at radius 1 is 1.07 bits per heavy atom. The molecule has 1 atom stereocenters. The predicted octanol–water partition coefficient (Wildman–Crippen LogP) is 3.10. The topological polar surface area (TPSA) is 58.4 Å². The van der Waals surface area contributed by atoms with Gasteiger partial charge in [-0.2, -0.15) is 0 Å². The van der Waals surface area contributed by atoms with Gasteiger partial charge in [0.2, 0.25) is 0 Å². The van der Waals surface area contributed by atoms with E-state index in [1.807, 2.05) is 18.2 Å². The lowest BCUT2D eigenvalue weighted by molar-refractivity contribution is -0.0369. The van der Waals surface area contributed by atoms with Crippen LogP contribution in [0, 0.1) is 5.92 Å². The van der Waals surface area contributed by atoms with Gasteiger partial charge in [0.1, 0.15) is 0 Å². The molecule has 5 nitrogen and oxygen atoms in total. The summed E-state index contributed by atoms with van der Waals surface area (Å²) in [6.07, 6.45) is 3.98. The number of nitrogens with zero attached hydrogens (tertiary/aromatic N) is 3. The summed E-state index contributed by atoms with van der Waals surface area (Å²) in [4.78, 5) is 19.5. The molecule has 2 heterocycles. The Morgan fingerprint density at radius 3 is 2.52 bits per heavy atom. The average Bonchev–Trinajstić information content (AvgIpc) is 2.73. The van der Waals surface area contributed by atoms with Gasteiger partial charge in [-0.15, -0.1) is 0 Å². The molecule has 1 fully saturated rings. The fourth-order valence-corrected chi connectivity index (χ4v) is 4.37. The molecule has 0 bridgehead atoms. The molecule has 0 amide bonds. The van der Waals surface area contributed by atoms with Gasteiger partial charge in [0.25, 0.3) is 5.56 Å². The van der Waals surface area contributed by atoms with E-state index >= 15 is 0 Å². The van der Waals surface area contributed by atoms with Crippen LogP contribution in [0.2, 0.25) is 0 Å². The zero-order valence-electron chi connectivity index (χ0n) is 17.0. The van der Waals surface area contributed by atoms with E-state index in [0.717, 1.165) is 26.1 Å². The van der Waals surface area contributed by atoms with Gasteiger partial charge < -0.3 is 10.0 Å². The third-order valence-corrected chi connectivity index (χ3v) is 5.98. The summed E-state index contributed by atoms with van der Waals surface area (Å²) in [5, 5.41) is 11.7. The lowest BCUT2D eigenvalue weighted by Gasteiger charge is -2.39. The fourth-order valence-electron chi connectivity index (χ4n) is 4.37. The van der Waals surface area contributed by atoms with Gasteiger partial charge in [-0.1, -0.05) is 49.4 Å². The van der Waals surface area contributed by atoms with Crippen molar-refractivity contribution in [3.8, 4) is 0 Å². The van der Waals surface area contributed by atoms with Crippen LogP contribution >= 0.6 is 0 Å². The Kier molecular flexibility index (Phi) is 5.79. The monoisotopic (exact) mass is 391 g/mol. The molecule has 1 N–H and O–H groups in total. The number of aliphatic hydroxyl groups is 1. The Labute approximate surface area is 171 Å². The number of piperidine rings is 1. The standard InChI is InChI=1S/C24H29N3O2/c1-19(15-20-7-3-2-4-8-20)16-26-13-11-24(29,12-14-26)17-27-18-25-22-10-6-5-9-21(22)23(27)28/h2-10,18-19,29H,11-17H2,1H3. The van der Waals surface area contributed by atoms with E-state index in [9.17, 15) is 9.90 Å². The molecule has 0 saturated carbocycles. The fraction of sp³-hybridized carbons (Fsp3) is 0.417. The second-order valence-electron chi connectivity index (χ2n) is 8.51. The average molecular weight is 392 g/mol. The van der Waals surface area contributed by atoms with E-state index in [-0.39, 0.29) is 5.56 Å². The Morgan fingerprint density at radius 2 is 1.76 bits per heavy atom. The van der Waals surface area contributed by atoms with Crippen molar-refractivity contribution >= 4 is 10.9 Å². The van der Waals surface area contributed by atoms with E-state index in [1.165, 1.54) is 5.56 Å². The SMILES string of the molecule is CC(Cc1ccccc1)CN1CCC(O)(Cn2cnc3ccccc3c2=O)CC1. The normalized spacial score (nSPS) is 18.0. The summed E-state index contributed by atoms with van der Waals surface area (Å²) in [6.45, 7) is 5.32. The first-order valence-electron chi connectivity index (χ1n) is 10.5. The van der Waals surface area contributed by atoms with Crippen molar-refractivity contribution in [2.45, 2.75) is 38.3 Å². The number of aromatic nitrogens is 2. The number of fused-ring (bicyclic) bond motifs is 1. The molecule has 1 aromatic heterocycles. The number of hydrogen-bond donors (Lipinski definition) is 1. The highest BCUT2D eigenvalue weighted by Crippen LogP contribution is 2.25. The highest BCUT2D eigenvalue weighted by molar-refractivity contribution is 5.76. The molecule has 5 heteroatoms. The Bertz CT molecular complexity index is 1010. The summed E-state index contributed by atoms with van der Waals surface area (Å²) < 4.78 is 1.57. The number of rotatable bonds is 6. The van der Waals surface area contributed by atoms with Crippen molar-refractivity contribution in [1.29, 1.82) is 0 Å². The highest BCUT2D eigenvalue weighted by atomic mass is 16.3. The van der Waals surface area contributed by atoms with Crippen molar-refractivity contribution in [1.82, 2.24) is 14.5 Å². The molecular weight excluding hydrogens is 362 g/mol. The van der Waals surface area contributed by atoms with Gasteiger partial charge in [-0.05, 0) is 42.9 Å². The smallest absolute Gasteiger partial charge is 0.261 e. The molecule has 2 aromatic carbocycles. The second kappa shape index (κ2) is 8.47. The molecule has 29 heavy (non-hydrogen) atoms. The lowest BCUT2D eigenvalue weighted by Crippen LogP contribution is -2.49. The third-order valence-electron chi connectivity index (χ3n) is 5.98. The maximum absolute atomic E-state index is 12.7. The number of benzene rings is 2. The quantitative estimate of drug-likeness (QED) is 0.702. The van der Waals surface area contributed by atoms with Gasteiger partial charge in [0.05, 0.1) is 29.4 Å². The number of para-hydroxylation sites is 1. The van der Waals surface area contributed by atoms with Crippen molar-refractivity contribution in [2.24, 2.45) is 5.92 Å².